The number of sulfonamides is 1. The van der Waals surface area contributed by atoms with Gasteiger partial charge in [-0.05, 0) is 40.0 Å². The van der Waals surface area contributed by atoms with E-state index in [9.17, 15) is 18.3 Å². The Labute approximate surface area is 188 Å². The second kappa shape index (κ2) is 9.47. The number of hydrogen-bond acceptors (Lipinski definition) is 8. The number of aliphatic hydroxyl groups is 1. The van der Waals surface area contributed by atoms with Crippen molar-refractivity contribution in [2.24, 2.45) is 5.92 Å². The van der Waals surface area contributed by atoms with E-state index in [1.54, 1.807) is 44.0 Å². The van der Waals surface area contributed by atoms with Crippen molar-refractivity contribution in [2.75, 3.05) is 31.5 Å². The second-order valence-electron chi connectivity index (χ2n) is 8.12. The van der Waals surface area contributed by atoms with E-state index in [-0.39, 0.29) is 57.9 Å². The number of nitrogens with zero attached hydrogens (tertiary/aromatic N) is 2. The molecule has 3 N–H and O–H groups in total. The fourth-order valence-electron chi connectivity index (χ4n) is 3.82. The van der Waals surface area contributed by atoms with Crippen LogP contribution in [-0.2, 0) is 10.0 Å². The molecule has 3 rings (SSSR count). The molecule has 0 bridgehead atoms. The first-order valence-corrected chi connectivity index (χ1v) is 11.9. The van der Waals surface area contributed by atoms with E-state index in [1.165, 1.54) is 6.92 Å². The summed E-state index contributed by atoms with van der Waals surface area (Å²) < 4.78 is 40.0. The highest BCUT2D eigenvalue weighted by atomic mass is 32.2. The number of carbonyl (C=O) groups excluding carboxylic acids is 1. The van der Waals surface area contributed by atoms with Gasteiger partial charge < -0.3 is 24.6 Å². The lowest BCUT2D eigenvalue weighted by atomic mass is 9.99. The number of aromatic nitrogens is 1. The van der Waals surface area contributed by atoms with Gasteiger partial charge in [0.05, 0.1) is 23.9 Å². The van der Waals surface area contributed by atoms with E-state index >= 15 is 0 Å². The topological polar surface area (TPSA) is 134 Å². The van der Waals surface area contributed by atoms with Crippen molar-refractivity contribution in [3.8, 4) is 5.75 Å². The van der Waals surface area contributed by atoms with Crippen LogP contribution in [0.3, 0.4) is 0 Å². The van der Waals surface area contributed by atoms with E-state index in [2.05, 4.69) is 15.2 Å². The van der Waals surface area contributed by atoms with Crippen LogP contribution in [0, 0.1) is 19.8 Å². The highest BCUT2D eigenvalue weighted by Gasteiger charge is 2.35. The van der Waals surface area contributed by atoms with Crippen LogP contribution in [0.25, 0.3) is 0 Å². The van der Waals surface area contributed by atoms with Gasteiger partial charge in [-0.25, -0.2) is 8.42 Å². The number of anilines is 1. The summed E-state index contributed by atoms with van der Waals surface area (Å²) in [5.41, 5.74) is 0.593. The standard InChI is InChI=1S/C21H30N4O6S/c1-12-10-25(13(2)11-26)21(27)16-7-6-8-17(19(16)30-18(12)9-22-5)24-32(28,29)20-14(3)23-31-15(20)4/h6-8,12-13,18,22,24,26H,9-11H2,1-5H3/t12-,13-,18+/m1/s1. The number of likely N-dealkylation sites (N-methyl/N-ethyl adjacent to an activating group) is 1. The lowest BCUT2D eigenvalue weighted by molar-refractivity contribution is 0.0417. The van der Waals surface area contributed by atoms with E-state index in [4.69, 9.17) is 9.26 Å². The predicted molar refractivity (Wildman–Crippen MR) is 118 cm³/mol. The molecule has 0 fully saturated rings. The van der Waals surface area contributed by atoms with Crippen molar-refractivity contribution in [1.29, 1.82) is 0 Å². The number of benzene rings is 1. The zero-order valence-electron chi connectivity index (χ0n) is 18.9. The average Bonchev–Trinajstić information content (AvgIpc) is 3.09. The first-order chi connectivity index (χ1) is 15.1. The van der Waals surface area contributed by atoms with Gasteiger partial charge in [0.2, 0.25) is 0 Å². The SMILES string of the molecule is CNC[C@@H]1Oc2c(NS(=O)(=O)c3c(C)noc3C)cccc2C(=O)N([C@H](C)CO)C[C@H]1C. The number of nitrogens with one attached hydrogen (secondary N) is 2. The van der Waals surface area contributed by atoms with Crippen molar-refractivity contribution in [3.63, 3.8) is 0 Å². The van der Waals surface area contributed by atoms with Crippen LogP contribution in [0.5, 0.6) is 5.75 Å². The molecule has 10 nitrogen and oxygen atoms in total. The number of rotatable bonds is 7. The molecule has 11 heteroatoms. The van der Waals surface area contributed by atoms with Crippen LogP contribution in [0.2, 0.25) is 0 Å². The second-order valence-corrected chi connectivity index (χ2v) is 9.74. The first-order valence-electron chi connectivity index (χ1n) is 10.4. The van der Waals surface area contributed by atoms with E-state index in [0.29, 0.717) is 13.1 Å². The molecule has 1 aromatic carbocycles. The van der Waals surface area contributed by atoms with Crippen molar-refractivity contribution < 1.29 is 27.6 Å². The molecule has 2 heterocycles. The predicted octanol–water partition coefficient (Wildman–Crippen LogP) is 1.53. The Hall–Kier alpha value is -2.63. The zero-order chi connectivity index (χ0) is 23.6. The highest BCUT2D eigenvalue weighted by Crippen LogP contribution is 2.36. The number of aryl methyl sites for hydroxylation is 2. The Balaban J connectivity index is 2.11. The molecule has 2 aromatic rings. The fourth-order valence-corrected chi connectivity index (χ4v) is 5.22. The lowest BCUT2D eigenvalue weighted by Gasteiger charge is -2.37. The molecule has 0 unspecified atom stereocenters. The molecule has 3 atom stereocenters. The smallest absolute Gasteiger partial charge is 0.267 e. The Morgan fingerprint density at radius 2 is 2.06 bits per heavy atom. The number of para-hydroxylation sites is 1. The molecule has 0 saturated heterocycles. The number of aliphatic hydroxyl groups excluding tert-OH is 1. The summed E-state index contributed by atoms with van der Waals surface area (Å²) in [6.07, 6.45) is -0.343. The van der Waals surface area contributed by atoms with Crippen LogP contribution in [0.4, 0.5) is 5.69 Å². The minimum atomic E-state index is -4.05. The third kappa shape index (κ3) is 4.59. The molecule has 0 saturated carbocycles. The highest BCUT2D eigenvalue weighted by molar-refractivity contribution is 7.92. The minimum Gasteiger partial charge on any atom is -0.486 e. The van der Waals surface area contributed by atoms with Crippen LogP contribution in [0.15, 0.2) is 27.6 Å². The van der Waals surface area contributed by atoms with Gasteiger partial charge in [0.25, 0.3) is 15.9 Å². The fraction of sp³-hybridized carbons (Fsp3) is 0.524. The first kappa shape index (κ1) is 24.0. The molecule has 176 valence electrons. The summed E-state index contributed by atoms with van der Waals surface area (Å²) >= 11 is 0. The molecular weight excluding hydrogens is 436 g/mol. The molecule has 0 spiro atoms. The van der Waals surface area contributed by atoms with Gasteiger partial charge in [0.15, 0.2) is 16.4 Å². The molecule has 0 aliphatic carbocycles. The normalized spacial score (nSPS) is 20.2. The van der Waals surface area contributed by atoms with E-state index in [0.717, 1.165) is 0 Å². The minimum absolute atomic E-state index is 0.0528. The third-order valence-corrected chi connectivity index (χ3v) is 7.19. The maximum atomic E-state index is 13.4. The summed E-state index contributed by atoms with van der Waals surface area (Å²) in [5.74, 6) is -0.110. The number of amides is 1. The lowest BCUT2D eigenvalue weighted by Crippen LogP contribution is -2.49. The average molecular weight is 467 g/mol. The van der Waals surface area contributed by atoms with Gasteiger partial charge in [-0.3, -0.25) is 9.52 Å². The van der Waals surface area contributed by atoms with Gasteiger partial charge in [-0.1, -0.05) is 18.1 Å². The van der Waals surface area contributed by atoms with Crippen LogP contribution in [0.1, 0.15) is 35.7 Å². The number of fused-ring (bicyclic) bond motifs is 1. The summed E-state index contributed by atoms with van der Waals surface area (Å²) in [7, 11) is -2.26. The van der Waals surface area contributed by atoms with Gasteiger partial charge >= 0.3 is 0 Å². The largest absolute Gasteiger partial charge is 0.486 e. The van der Waals surface area contributed by atoms with Gasteiger partial charge in [-0.2, -0.15) is 0 Å². The monoisotopic (exact) mass is 466 g/mol. The molecule has 1 aromatic heterocycles. The van der Waals surface area contributed by atoms with Gasteiger partial charge in [-0.15, -0.1) is 0 Å². The Kier molecular flexibility index (Phi) is 7.11. The molecule has 1 amide bonds. The maximum absolute atomic E-state index is 13.4. The number of hydrogen-bond donors (Lipinski definition) is 3. The zero-order valence-corrected chi connectivity index (χ0v) is 19.7. The van der Waals surface area contributed by atoms with Crippen LogP contribution in [-0.4, -0.2) is 68.4 Å². The molecule has 0 radical (unpaired) electrons. The van der Waals surface area contributed by atoms with Crippen LogP contribution < -0.4 is 14.8 Å². The van der Waals surface area contributed by atoms with Gasteiger partial charge in [0, 0.05) is 19.0 Å². The Bertz CT molecular complexity index is 1060. The van der Waals surface area contributed by atoms with E-state index in [1.807, 2.05) is 6.92 Å². The maximum Gasteiger partial charge on any atom is 0.267 e. The summed E-state index contributed by atoms with van der Waals surface area (Å²) in [5, 5.41) is 16.5. The molecular formula is C21H30N4O6S. The Morgan fingerprint density at radius 1 is 1.34 bits per heavy atom. The number of ether oxygens (including phenoxy) is 1. The van der Waals surface area contributed by atoms with Crippen molar-refractivity contribution in [1.82, 2.24) is 15.4 Å². The molecule has 1 aliphatic heterocycles. The molecule has 32 heavy (non-hydrogen) atoms. The third-order valence-electron chi connectivity index (χ3n) is 5.58. The number of carbonyl (C=O) groups is 1. The van der Waals surface area contributed by atoms with Crippen molar-refractivity contribution >= 4 is 21.6 Å². The quantitative estimate of drug-likeness (QED) is 0.559. The summed E-state index contributed by atoms with van der Waals surface area (Å²) in [4.78, 5) is 14.9. The summed E-state index contributed by atoms with van der Waals surface area (Å²) in [6.45, 7) is 7.46. The van der Waals surface area contributed by atoms with Crippen molar-refractivity contribution in [3.05, 3.63) is 35.2 Å². The molecule has 1 aliphatic rings. The van der Waals surface area contributed by atoms with E-state index < -0.39 is 16.1 Å². The van der Waals surface area contributed by atoms with Gasteiger partial charge in [0.1, 0.15) is 11.8 Å². The Morgan fingerprint density at radius 3 is 2.66 bits per heavy atom. The summed E-state index contributed by atoms with van der Waals surface area (Å²) in [6, 6.07) is 4.32. The van der Waals surface area contributed by atoms with Crippen LogP contribution >= 0.6 is 0 Å². The van der Waals surface area contributed by atoms with Crippen molar-refractivity contribution in [2.45, 2.75) is 44.7 Å².